The molecule has 3 nitrogen and oxygen atoms in total. The molecule has 0 aromatic heterocycles. The average molecular weight is 287 g/mol. The second-order valence-corrected chi connectivity index (χ2v) is 4.75. The number of nitrogens with zero attached hydrogens (tertiary/aromatic N) is 1. The second kappa shape index (κ2) is 7.46. The smallest absolute Gasteiger partial charge is 0.227 e. The highest BCUT2D eigenvalue weighted by atomic mass is 35.5. The average Bonchev–Trinajstić information content (AvgIpc) is 2.41. The molecule has 0 atom stereocenters. The van der Waals surface area contributed by atoms with E-state index >= 15 is 0 Å². The molecule has 1 amide bonds. The number of amides is 1. The number of carbonyl (C=O) groups excluding carboxylic acids is 1. The predicted molar refractivity (Wildman–Crippen MR) is 76.0 cm³/mol. The molecular weight excluding hydrogens is 267 g/mol. The van der Waals surface area contributed by atoms with E-state index in [4.69, 9.17) is 0 Å². The van der Waals surface area contributed by atoms with Crippen LogP contribution in [0, 0.1) is 5.82 Å². The van der Waals surface area contributed by atoms with Crippen LogP contribution in [0.2, 0.25) is 0 Å². The lowest BCUT2D eigenvalue weighted by Crippen LogP contribution is -2.44. The summed E-state index contributed by atoms with van der Waals surface area (Å²) in [5, 5.41) is 3.27. The molecule has 19 heavy (non-hydrogen) atoms. The van der Waals surface area contributed by atoms with Gasteiger partial charge in [-0.1, -0.05) is 18.2 Å². The first kappa shape index (κ1) is 15.9. The molecule has 0 unspecified atom stereocenters. The first-order valence-electron chi connectivity index (χ1n) is 6.38. The maximum atomic E-state index is 13.5. The lowest BCUT2D eigenvalue weighted by molar-refractivity contribution is -0.131. The number of hydrogen-bond acceptors (Lipinski definition) is 2. The van der Waals surface area contributed by atoms with E-state index in [1.54, 1.807) is 23.1 Å². The van der Waals surface area contributed by atoms with Crippen molar-refractivity contribution in [3.8, 4) is 0 Å². The van der Waals surface area contributed by atoms with Gasteiger partial charge in [0.1, 0.15) is 5.82 Å². The van der Waals surface area contributed by atoms with Crippen molar-refractivity contribution in [2.45, 2.75) is 25.3 Å². The number of hydrogen-bond donors (Lipinski definition) is 1. The van der Waals surface area contributed by atoms with Gasteiger partial charge in [0.05, 0.1) is 6.42 Å². The van der Waals surface area contributed by atoms with Crippen LogP contribution >= 0.6 is 12.4 Å². The number of likely N-dealkylation sites (N-methyl/N-ethyl adjacent to an activating group) is 1. The summed E-state index contributed by atoms with van der Waals surface area (Å²) in [5.41, 5.74) is 0.475. The van der Waals surface area contributed by atoms with Crippen molar-refractivity contribution in [3.05, 3.63) is 35.6 Å². The van der Waals surface area contributed by atoms with E-state index < -0.39 is 0 Å². The van der Waals surface area contributed by atoms with Crippen LogP contribution < -0.4 is 5.32 Å². The Kier molecular flexibility index (Phi) is 6.25. The van der Waals surface area contributed by atoms with Gasteiger partial charge in [0.2, 0.25) is 5.91 Å². The molecule has 1 saturated heterocycles. The van der Waals surface area contributed by atoms with Crippen LogP contribution in [-0.4, -0.2) is 37.0 Å². The molecule has 1 N–H and O–H groups in total. The van der Waals surface area contributed by atoms with Gasteiger partial charge >= 0.3 is 0 Å². The summed E-state index contributed by atoms with van der Waals surface area (Å²) < 4.78 is 13.5. The maximum absolute atomic E-state index is 13.5. The number of carbonyl (C=O) groups is 1. The molecule has 0 spiro atoms. The number of nitrogens with one attached hydrogen (secondary N) is 1. The Bertz CT molecular complexity index is 422. The third-order valence-corrected chi connectivity index (χ3v) is 3.55. The van der Waals surface area contributed by atoms with Crippen molar-refractivity contribution in [1.82, 2.24) is 10.2 Å². The van der Waals surface area contributed by atoms with Gasteiger partial charge in [-0.2, -0.15) is 0 Å². The zero-order valence-corrected chi connectivity index (χ0v) is 11.9. The largest absolute Gasteiger partial charge is 0.342 e. The molecular formula is C14H20ClFN2O. The number of piperidine rings is 1. The van der Waals surface area contributed by atoms with Gasteiger partial charge in [0.15, 0.2) is 0 Å². The van der Waals surface area contributed by atoms with Crippen LogP contribution in [0.4, 0.5) is 4.39 Å². The van der Waals surface area contributed by atoms with Crippen molar-refractivity contribution in [1.29, 1.82) is 0 Å². The van der Waals surface area contributed by atoms with Crippen LogP contribution in [0.5, 0.6) is 0 Å². The predicted octanol–water partition coefficient (Wildman–Crippen LogP) is 2.00. The lowest BCUT2D eigenvalue weighted by Gasteiger charge is -2.31. The SMILES string of the molecule is CN(C(=O)Cc1ccccc1F)C1CCNCC1.Cl. The highest BCUT2D eigenvalue weighted by molar-refractivity contribution is 5.85. The van der Waals surface area contributed by atoms with Gasteiger partial charge in [0.25, 0.3) is 0 Å². The van der Waals surface area contributed by atoms with E-state index in [-0.39, 0.29) is 36.6 Å². The summed E-state index contributed by atoms with van der Waals surface area (Å²) in [6, 6.07) is 6.75. The Balaban J connectivity index is 0.00000180. The van der Waals surface area contributed by atoms with Crippen LogP contribution in [0.1, 0.15) is 18.4 Å². The molecule has 106 valence electrons. The Labute approximate surface area is 119 Å². The van der Waals surface area contributed by atoms with Crippen molar-refractivity contribution in [3.63, 3.8) is 0 Å². The minimum absolute atomic E-state index is 0. The lowest BCUT2D eigenvalue weighted by atomic mass is 10.0. The molecule has 5 heteroatoms. The van der Waals surface area contributed by atoms with Gasteiger partial charge in [-0.3, -0.25) is 4.79 Å². The topological polar surface area (TPSA) is 32.3 Å². The summed E-state index contributed by atoms with van der Waals surface area (Å²) >= 11 is 0. The van der Waals surface area contributed by atoms with Crippen molar-refractivity contribution in [2.75, 3.05) is 20.1 Å². The molecule has 1 fully saturated rings. The quantitative estimate of drug-likeness (QED) is 0.922. The van der Waals surface area contributed by atoms with E-state index in [0.717, 1.165) is 25.9 Å². The van der Waals surface area contributed by atoms with Gasteiger partial charge in [-0.25, -0.2) is 4.39 Å². The van der Waals surface area contributed by atoms with E-state index in [1.165, 1.54) is 6.07 Å². The Morgan fingerprint density at radius 3 is 2.63 bits per heavy atom. The first-order chi connectivity index (χ1) is 8.68. The highest BCUT2D eigenvalue weighted by Gasteiger charge is 2.22. The molecule has 0 radical (unpaired) electrons. The minimum atomic E-state index is -0.301. The summed E-state index contributed by atoms with van der Waals surface area (Å²) in [4.78, 5) is 13.9. The fourth-order valence-electron chi connectivity index (χ4n) is 2.33. The number of halogens is 2. The van der Waals surface area contributed by atoms with Crippen molar-refractivity contribution < 1.29 is 9.18 Å². The number of benzene rings is 1. The zero-order valence-electron chi connectivity index (χ0n) is 11.1. The Hall–Kier alpha value is -1.13. The van der Waals surface area contributed by atoms with Gasteiger partial charge in [-0.05, 0) is 37.6 Å². The van der Waals surface area contributed by atoms with Crippen molar-refractivity contribution >= 4 is 18.3 Å². The van der Waals surface area contributed by atoms with Gasteiger partial charge < -0.3 is 10.2 Å². The first-order valence-corrected chi connectivity index (χ1v) is 6.38. The number of rotatable bonds is 3. The molecule has 1 aliphatic heterocycles. The van der Waals surface area contributed by atoms with Crippen LogP contribution in [0.15, 0.2) is 24.3 Å². The van der Waals surface area contributed by atoms with Crippen LogP contribution in [-0.2, 0) is 11.2 Å². The van der Waals surface area contributed by atoms with Crippen LogP contribution in [0.3, 0.4) is 0 Å². The third-order valence-electron chi connectivity index (χ3n) is 3.55. The van der Waals surface area contributed by atoms with Gasteiger partial charge in [0, 0.05) is 13.1 Å². The minimum Gasteiger partial charge on any atom is -0.342 e. The normalized spacial score (nSPS) is 15.7. The molecule has 1 aromatic carbocycles. The maximum Gasteiger partial charge on any atom is 0.227 e. The fraction of sp³-hybridized carbons (Fsp3) is 0.500. The summed E-state index contributed by atoms with van der Waals surface area (Å²) in [7, 11) is 1.82. The second-order valence-electron chi connectivity index (χ2n) is 4.75. The van der Waals surface area contributed by atoms with E-state index in [1.807, 2.05) is 7.05 Å². The highest BCUT2D eigenvalue weighted by Crippen LogP contribution is 2.13. The monoisotopic (exact) mass is 286 g/mol. The summed E-state index contributed by atoms with van der Waals surface area (Å²) in [6.45, 7) is 1.89. The van der Waals surface area contributed by atoms with Crippen molar-refractivity contribution in [2.24, 2.45) is 0 Å². The molecule has 2 rings (SSSR count). The zero-order chi connectivity index (χ0) is 13.0. The molecule has 0 bridgehead atoms. The standard InChI is InChI=1S/C14H19FN2O.ClH/c1-17(12-6-8-16-9-7-12)14(18)10-11-4-2-3-5-13(11)15;/h2-5,12,16H,6-10H2,1H3;1H. The molecule has 1 heterocycles. The summed E-state index contributed by atoms with van der Waals surface area (Å²) in [5.74, 6) is -0.309. The molecule has 1 aromatic rings. The fourth-order valence-corrected chi connectivity index (χ4v) is 2.33. The molecule has 1 aliphatic rings. The Morgan fingerprint density at radius 2 is 2.00 bits per heavy atom. The van der Waals surface area contributed by atoms with Gasteiger partial charge in [-0.15, -0.1) is 12.4 Å². The molecule has 0 aliphatic carbocycles. The van der Waals surface area contributed by atoms with E-state index in [2.05, 4.69) is 5.32 Å². The third kappa shape index (κ3) is 4.18. The molecule has 0 saturated carbocycles. The van der Waals surface area contributed by atoms with Crippen LogP contribution in [0.25, 0.3) is 0 Å². The summed E-state index contributed by atoms with van der Waals surface area (Å²) in [6.07, 6.45) is 2.09. The van der Waals surface area contributed by atoms with E-state index in [0.29, 0.717) is 5.56 Å². The van der Waals surface area contributed by atoms with E-state index in [9.17, 15) is 9.18 Å². The Morgan fingerprint density at radius 1 is 1.37 bits per heavy atom.